The highest BCUT2D eigenvalue weighted by Crippen LogP contribution is 2.34. The molecule has 2 aliphatic heterocycles. The predicted molar refractivity (Wildman–Crippen MR) is 149 cm³/mol. The van der Waals surface area contributed by atoms with Gasteiger partial charge in [-0.05, 0) is 57.7 Å². The van der Waals surface area contributed by atoms with Crippen molar-refractivity contribution in [2.45, 2.75) is 40.0 Å². The molecule has 0 bridgehead atoms. The molecule has 0 atom stereocenters. The van der Waals surface area contributed by atoms with E-state index in [0.717, 1.165) is 5.56 Å². The van der Waals surface area contributed by atoms with Crippen LogP contribution in [0.25, 0.3) is 11.7 Å². The van der Waals surface area contributed by atoms with Gasteiger partial charge in [0.25, 0.3) is 11.5 Å². The van der Waals surface area contributed by atoms with E-state index in [4.69, 9.17) is 26.7 Å². The van der Waals surface area contributed by atoms with E-state index < -0.39 is 0 Å². The van der Waals surface area contributed by atoms with E-state index in [2.05, 4.69) is 0 Å². The Balaban J connectivity index is 1.68. The molecule has 2 aromatic rings. The van der Waals surface area contributed by atoms with Crippen molar-refractivity contribution in [3.63, 3.8) is 0 Å². The smallest absolute Gasteiger partial charge is 0.309 e. The van der Waals surface area contributed by atoms with Crippen molar-refractivity contribution in [2.75, 3.05) is 44.4 Å². The third kappa shape index (κ3) is 5.89. The molecule has 9 nitrogen and oxygen atoms in total. The second-order valence-corrected chi connectivity index (χ2v) is 10.6. The van der Waals surface area contributed by atoms with Crippen molar-refractivity contribution < 1.29 is 19.1 Å². The summed E-state index contributed by atoms with van der Waals surface area (Å²) in [6.07, 6.45) is 5.20. The minimum Gasteiger partial charge on any atom is -0.466 e. The Labute approximate surface area is 225 Å². The highest BCUT2D eigenvalue weighted by molar-refractivity contribution is 8.26. The second-order valence-electron chi connectivity index (χ2n) is 8.94. The molecule has 2 aliphatic rings. The fourth-order valence-corrected chi connectivity index (χ4v) is 5.84. The zero-order valence-electron chi connectivity index (χ0n) is 21.4. The van der Waals surface area contributed by atoms with E-state index in [9.17, 15) is 14.4 Å². The highest BCUT2D eigenvalue weighted by Gasteiger charge is 2.33. The standard InChI is InChI=1S/C26H32N4O5S2/c1-4-34-15-7-12-30-24(32)20(37-26(30)36)16-19-22(27-21-17(3)8-6-11-29(21)23(19)31)28-13-9-18(10-14-28)25(33)35-5-2/h6,8,11,16,18H,4-5,7,9-10,12-15H2,1-3H3. The number of aromatic nitrogens is 2. The Morgan fingerprint density at radius 3 is 2.70 bits per heavy atom. The maximum absolute atomic E-state index is 13.7. The van der Waals surface area contributed by atoms with Gasteiger partial charge in [-0.25, -0.2) is 4.98 Å². The fourth-order valence-electron chi connectivity index (χ4n) is 4.55. The van der Waals surface area contributed by atoms with E-state index >= 15 is 0 Å². The van der Waals surface area contributed by atoms with Gasteiger partial charge in [0.1, 0.15) is 15.8 Å². The van der Waals surface area contributed by atoms with Crippen LogP contribution >= 0.6 is 24.0 Å². The van der Waals surface area contributed by atoms with Gasteiger partial charge in [0.05, 0.1) is 23.0 Å². The van der Waals surface area contributed by atoms with Crippen LogP contribution in [0.15, 0.2) is 28.0 Å². The normalized spacial score (nSPS) is 17.9. The Bertz CT molecular complexity index is 1280. The molecule has 37 heavy (non-hydrogen) atoms. The largest absolute Gasteiger partial charge is 0.466 e. The fraction of sp³-hybridized carbons (Fsp3) is 0.500. The Morgan fingerprint density at radius 2 is 2.00 bits per heavy atom. The summed E-state index contributed by atoms with van der Waals surface area (Å²) >= 11 is 6.66. The van der Waals surface area contributed by atoms with Crippen molar-refractivity contribution >= 4 is 57.7 Å². The zero-order valence-corrected chi connectivity index (χ0v) is 23.0. The summed E-state index contributed by atoms with van der Waals surface area (Å²) < 4.78 is 12.6. The van der Waals surface area contributed by atoms with Crippen molar-refractivity contribution in [1.82, 2.24) is 14.3 Å². The summed E-state index contributed by atoms with van der Waals surface area (Å²) in [5.74, 6) is -0.0518. The summed E-state index contributed by atoms with van der Waals surface area (Å²) in [5, 5.41) is 0. The number of anilines is 1. The first-order chi connectivity index (χ1) is 17.8. The molecule has 198 valence electrons. The van der Waals surface area contributed by atoms with Crippen LogP contribution < -0.4 is 10.5 Å². The van der Waals surface area contributed by atoms with E-state index in [1.807, 2.05) is 24.8 Å². The highest BCUT2D eigenvalue weighted by atomic mass is 32.2. The third-order valence-corrected chi connectivity index (χ3v) is 7.88. The van der Waals surface area contributed by atoms with E-state index in [-0.39, 0.29) is 23.4 Å². The summed E-state index contributed by atoms with van der Waals surface area (Å²) in [6.45, 7) is 8.73. The van der Waals surface area contributed by atoms with Crippen LogP contribution in [0.5, 0.6) is 0 Å². The number of rotatable bonds is 9. The summed E-state index contributed by atoms with van der Waals surface area (Å²) in [4.78, 5) is 48.0. The number of amides is 1. The van der Waals surface area contributed by atoms with Crippen LogP contribution in [0, 0.1) is 12.8 Å². The maximum Gasteiger partial charge on any atom is 0.309 e. The molecule has 2 aromatic heterocycles. The van der Waals surface area contributed by atoms with Crippen LogP contribution in [0.4, 0.5) is 5.82 Å². The lowest BCUT2D eigenvalue weighted by Gasteiger charge is -2.32. The SMILES string of the molecule is CCOCCCN1C(=O)C(=Cc2c(N3CCC(C(=O)OCC)CC3)nc3c(C)cccn3c2=O)SC1=S. The number of pyridine rings is 1. The molecule has 11 heteroatoms. The van der Waals surface area contributed by atoms with Gasteiger partial charge in [-0.15, -0.1) is 0 Å². The molecule has 0 spiro atoms. The number of carbonyl (C=O) groups is 2. The van der Waals surface area contributed by atoms with Crippen LogP contribution in [-0.2, 0) is 19.1 Å². The minimum absolute atomic E-state index is 0.170. The van der Waals surface area contributed by atoms with Crippen LogP contribution in [0.3, 0.4) is 0 Å². The van der Waals surface area contributed by atoms with Gasteiger partial charge in [-0.3, -0.25) is 23.7 Å². The van der Waals surface area contributed by atoms with Gasteiger partial charge in [0.2, 0.25) is 0 Å². The minimum atomic E-state index is -0.252. The lowest BCUT2D eigenvalue weighted by molar-refractivity contribution is -0.148. The lowest BCUT2D eigenvalue weighted by atomic mass is 9.96. The summed E-state index contributed by atoms with van der Waals surface area (Å²) in [7, 11) is 0. The van der Waals surface area contributed by atoms with E-state index in [1.165, 1.54) is 16.2 Å². The van der Waals surface area contributed by atoms with Crippen LogP contribution in [0.2, 0.25) is 0 Å². The average molecular weight is 545 g/mol. The number of piperidine rings is 1. The maximum atomic E-state index is 13.7. The number of thioether (sulfide) groups is 1. The number of hydrogen-bond acceptors (Lipinski definition) is 9. The number of hydrogen-bond donors (Lipinski definition) is 0. The number of fused-ring (bicyclic) bond motifs is 1. The second kappa shape index (κ2) is 12.2. The van der Waals surface area contributed by atoms with Crippen LogP contribution in [0.1, 0.15) is 44.2 Å². The number of thiocarbonyl (C=S) groups is 1. The molecule has 0 aromatic carbocycles. The van der Waals surface area contributed by atoms with Gasteiger partial charge in [-0.2, -0.15) is 0 Å². The van der Waals surface area contributed by atoms with Crippen molar-refractivity contribution in [3.8, 4) is 0 Å². The topological polar surface area (TPSA) is 93.4 Å². The van der Waals surface area contributed by atoms with Crippen molar-refractivity contribution in [3.05, 3.63) is 44.7 Å². The monoisotopic (exact) mass is 544 g/mol. The summed E-state index contributed by atoms with van der Waals surface area (Å²) in [6, 6.07) is 3.71. The van der Waals surface area contributed by atoms with E-state index in [1.54, 1.807) is 30.2 Å². The quantitative estimate of drug-likeness (QED) is 0.204. The molecule has 0 unspecified atom stereocenters. The molecule has 0 saturated carbocycles. The van der Waals surface area contributed by atoms with Crippen molar-refractivity contribution in [2.24, 2.45) is 5.92 Å². The number of aryl methyl sites for hydroxylation is 1. The Morgan fingerprint density at radius 1 is 1.24 bits per heavy atom. The molecule has 2 saturated heterocycles. The Kier molecular flexibility index (Phi) is 8.99. The molecule has 2 fully saturated rings. The molecule has 4 rings (SSSR count). The number of ether oxygens (including phenoxy) is 2. The lowest BCUT2D eigenvalue weighted by Crippen LogP contribution is -2.39. The number of esters is 1. The molecule has 1 amide bonds. The van der Waals surface area contributed by atoms with Crippen LogP contribution in [-0.4, -0.2) is 69.9 Å². The zero-order chi connectivity index (χ0) is 26.5. The number of carbonyl (C=O) groups excluding carboxylic acids is 2. The van der Waals surface area contributed by atoms with Crippen molar-refractivity contribution in [1.29, 1.82) is 0 Å². The van der Waals surface area contributed by atoms with Gasteiger partial charge in [0, 0.05) is 39.0 Å². The third-order valence-electron chi connectivity index (χ3n) is 6.50. The molecular weight excluding hydrogens is 512 g/mol. The molecular formula is C26H32N4O5S2. The predicted octanol–water partition coefficient (Wildman–Crippen LogP) is 3.41. The van der Waals surface area contributed by atoms with Gasteiger partial charge >= 0.3 is 5.97 Å². The van der Waals surface area contributed by atoms with E-state index in [0.29, 0.717) is 85.0 Å². The average Bonchev–Trinajstić information content (AvgIpc) is 3.16. The first kappa shape index (κ1) is 27.3. The number of nitrogens with zero attached hydrogens (tertiary/aromatic N) is 4. The molecule has 0 radical (unpaired) electrons. The van der Waals surface area contributed by atoms with Gasteiger partial charge in [-0.1, -0.05) is 30.0 Å². The van der Waals surface area contributed by atoms with Gasteiger partial charge in [0.15, 0.2) is 0 Å². The molecule has 0 aliphatic carbocycles. The summed E-state index contributed by atoms with van der Waals surface area (Å²) in [5.41, 5.74) is 1.52. The molecule has 4 heterocycles. The van der Waals surface area contributed by atoms with Gasteiger partial charge < -0.3 is 14.4 Å². The molecule has 0 N–H and O–H groups in total. The first-order valence-electron chi connectivity index (χ1n) is 12.6. The Hall–Kier alpha value is -2.76. The first-order valence-corrected chi connectivity index (χ1v) is 13.8.